The molecule has 0 bridgehead atoms. The van der Waals surface area contributed by atoms with Gasteiger partial charge < -0.3 is 20.3 Å². The Kier molecular flexibility index (Phi) is 14.7. The van der Waals surface area contributed by atoms with Gasteiger partial charge in [-0.3, -0.25) is 14.7 Å². The van der Waals surface area contributed by atoms with Crippen molar-refractivity contribution in [2.75, 3.05) is 59.0 Å². The lowest BCUT2D eigenvalue weighted by Gasteiger charge is -2.34. The highest BCUT2D eigenvalue weighted by Gasteiger charge is 2.22. The molecule has 2 rings (SSSR count). The van der Waals surface area contributed by atoms with E-state index < -0.39 is 0 Å². The summed E-state index contributed by atoms with van der Waals surface area (Å²) in [6.45, 7) is 14.6. The second kappa shape index (κ2) is 16.1. The first-order valence-electron chi connectivity index (χ1n) is 11.7. The van der Waals surface area contributed by atoms with Crippen LogP contribution in [0.15, 0.2) is 4.99 Å². The van der Waals surface area contributed by atoms with Crippen molar-refractivity contribution >= 4 is 35.8 Å². The van der Waals surface area contributed by atoms with Crippen LogP contribution in [0.1, 0.15) is 59.3 Å². The second-order valence-corrected chi connectivity index (χ2v) is 8.62. The van der Waals surface area contributed by atoms with Gasteiger partial charge in [0.1, 0.15) is 0 Å². The molecule has 2 N–H and O–H groups in total. The number of guanidine groups is 1. The Morgan fingerprint density at radius 2 is 1.90 bits per heavy atom. The Hall–Kier alpha value is -0.610. The van der Waals surface area contributed by atoms with E-state index in [1.54, 1.807) is 0 Å². The summed E-state index contributed by atoms with van der Waals surface area (Å²) >= 11 is 0. The lowest BCUT2D eigenvalue weighted by atomic mass is 10.0. The van der Waals surface area contributed by atoms with Gasteiger partial charge in [0.15, 0.2) is 5.96 Å². The van der Waals surface area contributed by atoms with Crippen molar-refractivity contribution in [2.24, 2.45) is 10.9 Å². The number of nitrogens with one attached hydrogen (secondary N) is 2. The van der Waals surface area contributed by atoms with Crippen LogP contribution in [-0.4, -0.2) is 86.7 Å². The van der Waals surface area contributed by atoms with Crippen molar-refractivity contribution in [1.82, 2.24) is 20.4 Å². The topological polar surface area (TPSA) is 69.2 Å². The number of rotatable bonds is 10. The molecule has 0 aromatic heterocycles. The predicted octanol–water partition coefficient (Wildman–Crippen LogP) is 2.70. The highest BCUT2D eigenvalue weighted by Crippen LogP contribution is 2.14. The number of hydrogen-bond donors (Lipinski definition) is 2. The maximum atomic E-state index is 12.1. The van der Waals surface area contributed by atoms with Crippen molar-refractivity contribution in [2.45, 2.75) is 65.3 Å². The average Bonchev–Trinajstić information content (AvgIpc) is 2.92. The number of hydrogen-bond acceptors (Lipinski definition) is 4. The molecule has 2 fully saturated rings. The fourth-order valence-corrected chi connectivity index (χ4v) is 4.12. The number of halogens is 1. The maximum Gasteiger partial charge on any atom is 0.222 e. The van der Waals surface area contributed by atoms with E-state index in [4.69, 9.17) is 9.73 Å². The first-order valence-corrected chi connectivity index (χ1v) is 11.7. The zero-order valence-electron chi connectivity index (χ0n) is 19.3. The van der Waals surface area contributed by atoms with E-state index in [1.807, 2.05) is 4.90 Å². The summed E-state index contributed by atoms with van der Waals surface area (Å²) < 4.78 is 5.52. The van der Waals surface area contributed by atoms with Crippen LogP contribution in [0.4, 0.5) is 0 Å². The van der Waals surface area contributed by atoms with Gasteiger partial charge in [-0.05, 0) is 38.5 Å². The maximum absolute atomic E-state index is 12.1. The van der Waals surface area contributed by atoms with Gasteiger partial charge in [-0.15, -0.1) is 24.0 Å². The molecule has 7 nitrogen and oxygen atoms in total. The molecule has 0 aromatic rings. The standard InChI is InChI=1S/C22H43N5O2.HI/c1-4-23-22(24-10-8-12-27-11-7-5-6-9-21(27)28)25-18-20(17-19(2)3)26-13-15-29-16-14-26;/h19-20H,4-18H2,1-3H3,(H2,23,24,25);1H. The van der Waals surface area contributed by atoms with Gasteiger partial charge in [0.25, 0.3) is 0 Å². The van der Waals surface area contributed by atoms with Crippen LogP contribution in [-0.2, 0) is 9.53 Å². The summed E-state index contributed by atoms with van der Waals surface area (Å²) in [4.78, 5) is 21.6. The van der Waals surface area contributed by atoms with Crippen LogP contribution in [0.5, 0.6) is 0 Å². The zero-order valence-corrected chi connectivity index (χ0v) is 21.7. The number of aliphatic imine (C=N–C) groups is 1. The number of carbonyl (C=O) groups is 1. The fraction of sp³-hybridized carbons (Fsp3) is 0.909. The van der Waals surface area contributed by atoms with Crippen LogP contribution in [0, 0.1) is 5.92 Å². The minimum atomic E-state index is 0. The third-order valence-electron chi connectivity index (χ3n) is 5.68. The van der Waals surface area contributed by atoms with Crippen molar-refractivity contribution < 1.29 is 9.53 Å². The van der Waals surface area contributed by atoms with Gasteiger partial charge in [-0.25, -0.2) is 0 Å². The van der Waals surface area contributed by atoms with Gasteiger partial charge in [0.2, 0.25) is 5.91 Å². The quantitative estimate of drug-likeness (QED) is 0.194. The number of amides is 1. The first-order chi connectivity index (χ1) is 14.1. The number of morpholine rings is 1. The summed E-state index contributed by atoms with van der Waals surface area (Å²) in [5, 5.41) is 6.83. The Labute approximate surface area is 200 Å². The minimum Gasteiger partial charge on any atom is -0.379 e. The molecule has 1 amide bonds. The molecule has 8 heteroatoms. The van der Waals surface area contributed by atoms with Crippen LogP contribution < -0.4 is 10.6 Å². The van der Waals surface area contributed by atoms with E-state index in [0.29, 0.717) is 17.9 Å². The molecule has 2 aliphatic rings. The normalized spacial score (nSPS) is 19.9. The Morgan fingerprint density at radius 3 is 2.60 bits per heavy atom. The van der Waals surface area contributed by atoms with Crippen molar-refractivity contribution in [3.05, 3.63) is 0 Å². The van der Waals surface area contributed by atoms with Crippen molar-refractivity contribution in [3.8, 4) is 0 Å². The van der Waals surface area contributed by atoms with Crippen LogP contribution in [0.25, 0.3) is 0 Å². The van der Waals surface area contributed by atoms with Crippen LogP contribution >= 0.6 is 24.0 Å². The van der Waals surface area contributed by atoms with E-state index in [1.165, 1.54) is 6.42 Å². The second-order valence-electron chi connectivity index (χ2n) is 8.62. The summed E-state index contributed by atoms with van der Waals surface area (Å²) in [5.74, 6) is 1.86. The zero-order chi connectivity index (χ0) is 20.9. The molecule has 1 unspecified atom stereocenters. The lowest BCUT2D eigenvalue weighted by molar-refractivity contribution is -0.130. The molecular formula is C22H44IN5O2. The van der Waals surface area contributed by atoms with Crippen molar-refractivity contribution in [1.29, 1.82) is 0 Å². The Bertz CT molecular complexity index is 498. The SMILES string of the molecule is CCNC(=NCC(CC(C)C)N1CCOCC1)NCCCN1CCCCCC1=O.I. The highest BCUT2D eigenvalue weighted by atomic mass is 127. The van der Waals surface area contributed by atoms with Gasteiger partial charge in [-0.2, -0.15) is 0 Å². The van der Waals surface area contributed by atoms with E-state index in [0.717, 1.165) is 97.1 Å². The molecule has 2 heterocycles. The molecule has 0 spiro atoms. The minimum absolute atomic E-state index is 0. The van der Waals surface area contributed by atoms with E-state index in [9.17, 15) is 4.79 Å². The Balaban J connectivity index is 0.00000450. The molecule has 2 saturated heterocycles. The average molecular weight is 538 g/mol. The van der Waals surface area contributed by atoms with E-state index in [-0.39, 0.29) is 24.0 Å². The smallest absolute Gasteiger partial charge is 0.222 e. The number of carbonyl (C=O) groups excluding carboxylic acids is 1. The fourth-order valence-electron chi connectivity index (χ4n) is 4.12. The third-order valence-corrected chi connectivity index (χ3v) is 5.68. The first kappa shape index (κ1) is 27.4. The lowest BCUT2D eigenvalue weighted by Crippen LogP contribution is -2.46. The van der Waals surface area contributed by atoms with Crippen molar-refractivity contribution in [3.63, 3.8) is 0 Å². The van der Waals surface area contributed by atoms with E-state index >= 15 is 0 Å². The van der Waals surface area contributed by atoms with E-state index in [2.05, 4.69) is 36.3 Å². The predicted molar refractivity (Wildman–Crippen MR) is 135 cm³/mol. The molecule has 0 aromatic carbocycles. The molecule has 0 aliphatic carbocycles. The largest absolute Gasteiger partial charge is 0.379 e. The van der Waals surface area contributed by atoms with Gasteiger partial charge >= 0.3 is 0 Å². The summed E-state index contributed by atoms with van der Waals surface area (Å²) in [6, 6.07) is 0.462. The van der Waals surface area contributed by atoms with Crippen LogP contribution in [0.3, 0.4) is 0 Å². The molecule has 1 atom stereocenters. The van der Waals surface area contributed by atoms with Gasteiger partial charge in [0.05, 0.1) is 19.8 Å². The molecule has 2 aliphatic heterocycles. The van der Waals surface area contributed by atoms with Gasteiger partial charge in [0, 0.05) is 51.7 Å². The van der Waals surface area contributed by atoms with Gasteiger partial charge in [-0.1, -0.05) is 20.3 Å². The monoisotopic (exact) mass is 537 g/mol. The molecule has 0 radical (unpaired) electrons. The number of nitrogens with zero attached hydrogens (tertiary/aromatic N) is 3. The third kappa shape index (κ3) is 10.6. The molecule has 176 valence electrons. The number of ether oxygens (including phenoxy) is 1. The summed E-state index contributed by atoms with van der Waals surface area (Å²) in [6.07, 6.45) is 6.19. The molecular weight excluding hydrogens is 493 g/mol. The molecule has 0 saturated carbocycles. The van der Waals surface area contributed by atoms with Crippen LogP contribution in [0.2, 0.25) is 0 Å². The molecule has 30 heavy (non-hydrogen) atoms. The number of likely N-dealkylation sites (tertiary alicyclic amines) is 1. The summed E-state index contributed by atoms with van der Waals surface area (Å²) in [7, 11) is 0. The Morgan fingerprint density at radius 1 is 1.13 bits per heavy atom. The summed E-state index contributed by atoms with van der Waals surface area (Å²) in [5.41, 5.74) is 0. The highest BCUT2D eigenvalue weighted by molar-refractivity contribution is 14.0.